The Morgan fingerprint density at radius 2 is 0.951 bits per heavy atom. The van der Waals surface area contributed by atoms with E-state index in [2.05, 4.69) is 19.7 Å². The molecule has 0 atom stereocenters. The van der Waals surface area contributed by atoms with Crippen molar-refractivity contribution in [3.8, 4) is 34.5 Å². The zero-order valence-electron chi connectivity index (χ0n) is 45.9. The Labute approximate surface area is 476 Å². The minimum Gasteiger partial charge on any atom is -0.494 e. The number of allylic oxidation sites excluding steroid dienone is 1. The number of ether oxygens (including phenoxy) is 8. The highest BCUT2D eigenvalue weighted by Gasteiger charge is 2.34. The van der Waals surface area contributed by atoms with E-state index in [1.54, 1.807) is 78.7 Å². The summed E-state index contributed by atoms with van der Waals surface area (Å²) in [4.78, 5) is 81.0. The summed E-state index contributed by atoms with van der Waals surface area (Å²) in [5.41, 5.74) is 1.75. The van der Waals surface area contributed by atoms with E-state index in [0.717, 1.165) is 73.7 Å². The lowest BCUT2D eigenvalue weighted by atomic mass is 9.82. The van der Waals surface area contributed by atoms with E-state index in [1.807, 2.05) is 24.3 Å². The largest absolute Gasteiger partial charge is 0.494 e. The molecule has 0 amide bonds. The lowest BCUT2D eigenvalue weighted by Crippen LogP contribution is -2.30. The van der Waals surface area contributed by atoms with Crippen LogP contribution in [0.5, 0.6) is 34.5 Å². The second kappa shape index (κ2) is 31.6. The fourth-order valence-corrected chi connectivity index (χ4v) is 10.2. The van der Waals surface area contributed by atoms with Crippen molar-refractivity contribution < 1.29 is 66.7 Å². The zero-order chi connectivity index (χ0) is 57.3. The van der Waals surface area contributed by atoms with Crippen LogP contribution in [-0.2, 0) is 38.2 Å². The summed E-state index contributed by atoms with van der Waals surface area (Å²) in [6.07, 6.45) is 14.2. The number of para-hydroxylation sites is 1. The van der Waals surface area contributed by atoms with Crippen LogP contribution < -0.4 is 33.4 Å². The summed E-state index contributed by atoms with van der Waals surface area (Å²) in [6.45, 7) is 14.5. The maximum absolute atomic E-state index is 13.8. The van der Waals surface area contributed by atoms with Crippen molar-refractivity contribution in [2.24, 2.45) is 28.8 Å². The fourth-order valence-electron chi connectivity index (χ4n) is 9.25. The number of unbranched alkanes of at least 4 members (excludes halogenated alkanes) is 6. The Morgan fingerprint density at radius 1 is 0.543 bits per heavy atom. The van der Waals surface area contributed by atoms with E-state index < -0.39 is 41.6 Å². The Balaban J connectivity index is 0.890. The lowest BCUT2D eigenvalue weighted by Gasteiger charge is -2.26. The second-order valence-corrected chi connectivity index (χ2v) is 21.0. The Morgan fingerprint density at radius 3 is 1.40 bits per heavy atom. The van der Waals surface area contributed by atoms with Crippen LogP contribution in [0.15, 0.2) is 134 Å². The monoisotopic (exact) mass is 1130 g/mol. The number of benzene rings is 4. The molecule has 4 aromatic carbocycles. The molecule has 2 fully saturated rings. The van der Waals surface area contributed by atoms with Crippen molar-refractivity contribution in [2.45, 2.75) is 110 Å². The predicted octanol–water partition coefficient (Wildman–Crippen LogP) is 12.6. The summed E-state index contributed by atoms with van der Waals surface area (Å²) in [5.74, 6) is -1.63. The number of nitrogens with zero attached hydrogens (tertiary/aromatic N) is 3. The highest BCUT2D eigenvalue weighted by molar-refractivity contribution is 7.22. The minimum absolute atomic E-state index is 0.197. The number of thiazole rings is 1. The molecule has 0 unspecified atom stereocenters. The molecule has 81 heavy (non-hydrogen) atoms. The summed E-state index contributed by atoms with van der Waals surface area (Å²) in [6, 6.07) is 26.3. The van der Waals surface area contributed by atoms with Gasteiger partial charge in [0.05, 0.1) is 66.5 Å². The van der Waals surface area contributed by atoms with Gasteiger partial charge in [-0.15, -0.1) is 0 Å². The van der Waals surface area contributed by atoms with Gasteiger partial charge in [-0.3, -0.25) is 19.2 Å². The molecule has 0 spiro atoms. The maximum atomic E-state index is 13.8. The van der Waals surface area contributed by atoms with E-state index >= 15 is 0 Å². The molecule has 17 nitrogen and oxygen atoms in total. The van der Waals surface area contributed by atoms with Crippen molar-refractivity contribution in [1.82, 2.24) is 4.98 Å². The molecule has 5 aromatic rings. The third-order valence-corrected chi connectivity index (χ3v) is 14.9. The molecule has 18 heteroatoms. The van der Waals surface area contributed by atoms with Crippen LogP contribution in [0.4, 0.5) is 5.13 Å². The van der Waals surface area contributed by atoms with Gasteiger partial charge in [0, 0.05) is 23.4 Å². The van der Waals surface area contributed by atoms with Crippen molar-refractivity contribution in [2.75, 3.05) is 31.4 Å². The van der Waals surface area contributed by atoms with Crippen molar-refractivity contribution >= 4 is 68.7 Å². The van der Waals surface area contributed by atoms with Gasteiger partial charge in [-0.25, -0.2) is 19.6 Å². The average molecular weight is 1130 g/mol. The molecule has 0 bridgehead atoms. The number of rotatable bonds is 30. The smallest absolute Gasteiger partial charge is 0.330 e. The van der Waals surface area contributed by atoms with E-state index in [-0.39, 0.29) is 29.4 Å². The first-order valence-electron chi connectivity index (χ1n) is 27.8. The minimum atomic E-state index is -0.480. The third-order valence-electron chi connectivity index (χ3n) is 13.9. The molecule has 1 aromatic heterocycles. The van der Waals surface area contributed by atoms with E-state index in [4.69, 9.17) is 48.0 Å². The number of hydrogen-bond acceptors (Lipinski definition) is 18. The summed E-state index contributed by atoms with van der Waals surface area (Å²) >= 11 is 1.44. The first-order valence-corrected chi connectivity index (χ1v) is 28.6. The van der Waals surface area contributed by atoms with Gasteiger partial charge in [-0.2, -0.15) is 5.10 Å². The molecule has 2 aliphatic carbocycles. The molecule has 0 aliphatic heterocycles. The van der Waals surface area contributed by atoms with Crippen LogP contribution in [0.1, 0.15) is 115 Å². The summed E-state index contributed by atoms with van der Waals surface area (Å²) in [7, 11) is 0. The van der Waals surface area contributed by atoms with Gasteiger partial charge in [0.15, 0.2) is 0 Å². The highest BCUT2D eigenvalue weighted by atomic mass is 32.1. The fraction of sp³-hybridized carbons (Fsp3) is 0.397. The van der Waals surface area contributed by atoms with Gasteiger partial charge in [-0.05, 0) is 189 Å². The van der Waals surface area contributed by atoms with Gasteiger partial charge in [0.2, 0.25) is 5.13 Å². The van der Waals surface area contributed by atoms with Crippen LogP contribution >= 0.6 is 11.3 Å². The third kappa shape index (κ3) is 19.3. The van der Waals surface area contributed by atoms with Crippen LogP contribution in [0.2, 0.25) is 0 Å². The first-order chi connectivity index (χ1) is 39.3. The lowest BCUT2D eigenvalue weighted by molar-refractivity contribution is -0.145. The SMILES string of the molecule is C=CC(=O)OCCCCCCOc1ccc(OC(=O)C2CCC(C(=O)Oc3ccc(OC(=O)C4CCC(C(=O)Oc5ccc(OCCCCCCOC(=O)C=C)cc5)CC4)c(/C=N/N(C(=C)C)c4nc5ccccc5s4)c3)CC2)cc1. The average Bonchev–Trinajstić information content (AvgIpc) is 3.92. The number of aromatic nitrogens is 1. The first kappa shape index (κ1) is 60.5. The van der Waals surface area contributed by atoms with E-state index in [0.29, 0.717) is 117 Å². The number of esters is 6. The molecule has 2 saturated carbocycles. The number of hydrazone groups is 1. The maximum Gasteiger partial charge on any atom is 0.330 e. The van der Waals surface area contributed by atoms with Gasteiger partial charge in [0.25, 0.3) is 0 Å². The molecular formula is C63H71N3O14S. The van der Waals surface area contributed by atoms with Gasteiger partial charge in [0.1, 0.15) is 34.5 Å². The van der Waals surface area contributed by atoms with Gasteiger partial charge in [-0.1, -0.05) is 43.2 Å². The van der Waals surface area contributed by atoms with Crippen LogP contribution in [0, 0.1) is 23.7 Å². The van der Waals surface area contributed by atoms with Crippen molar-refractivity contribution in [1.29, 1.82) is 0 Å². The molecular weight excluding hydrogens is 1050 g/mol. The number of carbonyl (C=O) groups excluding carboxylic acids is 6. The standard InChI is InChI=1S/C63H71N3O14S/c1-5-57(67)75-39-15-9-7-13-37-73-49-27-31-51(32-28-49)77-59(69)44-19-21-46(22-20-44)61(71)79-53-35-36-55(48(41-53)42-64-66(43(3)4)63-65-54-17-11-12-18-56(54)81-63)80-62(72)47-25-23-45(24-26-47)60(70)78-52-33-29-50(30-34-52)74-38-14-8-10-16-40-76-58(68)6-2/h5-6,11-12,17-18,27-36,41-42,44-47H,1-3,7-10,13-16,19-26,37-40H2,4H3/b64-42+. The van der Waals surface area contributed by atoms with Gasteiger partial charge < -0.3 is 37.9 Å². The Kier molecular flexibility index (Phi) is 23.6. The number of carbonyl (C=O) groups is 6. The quantitative estimate of drug-likeness (QED) is 0.0105. The van der Waals surface area contributed by atoms with E-state index in [9.17, 15) is 28.8 Å². The van der Waals surface area contributed by atoms with Crippen molar-refractivity contribution in [3.63, 3.8) is 0 Å². The van der Waals surface area contributed by atoms with Crippen molar-refractivity contribution in [3.05, 3.63) is 134 Å². The highest BCUT2D eigenvalue weighted by Crippen LogP contribution is 2.36. The van der Waals surface area contributed by atoms with Crippen LogP contribution in [0.3, 0.4) is 0 Å². The Bertz CT molecular complexity index is 2940. The van der Waals surface area contributed by atoms with E-state index in [1.165, 1.54) is 17.6 Å². The molecule has 0 radical (unpaired) electrons. The summed E-state index contributed by atoms with van der Waals surface area (Å²) in [5, 5.41) is 6.90. The van der Waals surface area contributed by atoms with Crippen LogP contribution in [0.25, 0.3) is 10.2 Å². The number of hydrogen-bond donors (Lipinski definition) is 0. The molecule has 1 heterocycles. The zero-order valence-corrected chi connectivity index (χ0v) is 46.7. The summed E-state index contributed by atoms with van der Waals surface area (Å²) < 4.78 is 46.1. The second-order valence-electron chi connectivity index (χ2n) is 19.9. The normalized spacial score (nSPS) is 16.8. The molecule has 2 aliphatic rings. The predicted molar refractivity (Wildman–Crippen MR) is 308 cm³/mol. The Hall–Kier alpha value is -8.12. The molecule has 428 valence electrons. The number of anilines is 1. The molecule has 7 rings (SSSR count). The van der Waals surface area contributed by atoms with Crippen LogP contribution in [-0.4, -0.2) is 73.4 Å². The van der Waals surface area contributed by atoms with Gasteiger partial charge >= 0.3 is 35.8 Å². The molecule has 0 N–H and O–H groups in total. The number of fused-ring (bicyclic) bond motifs is 1. The molecule has 0 saturated heterocycles. The topological polar surface area (TPSA) is 205 Å².